The highest BCUT2D eigenvalue weighted by Gasteiger charge is 2.24. The first kappa shape index (κ1) is 25.3. The van der Waals surface area contributed by atoms with Crippen LogP contribution in [0.3, 0.4) is 0 Å². The number of methoxy groups -OCH3 is 1. The molecule has 0 aliphatic rings. The van der Waals surface area contributed by atoms with Gasteiger partial charge in [0, 0.05) is 19.1 Å². The van der Waals surface area contributed by atoms with Gasteiger partial charge in [0.15, 0.2) is 0 Å². The third kappa shape index (κ3) is 6.61. The standard InChI is InChI=1S/C27H33N3O4/c1-6-16-33-19-23(31)17-29(20(2)3)18-26-21(4)28-30(22-10-8-7-9-11-22)27(26)34-25-14-12-24(32-5)13-15-25/h1,7-15,20,23,31H,16-19H2,2-5H3/t23-/m0/s1. The predicted octanol–water partition coefficient (Wildman–Crippen LogP) is 4.20. The number of hydrogen-bond acceptors (Lipinski definition) is 6. The molecule has 1 atom stereocenters. The molecule has 0 spiro atoms. The fraction of sp³-hybridized carbons (Fsp3) is 0.370. The van der Waals surface area contributed by atoms with E-state index in [1.54, 1.807) is 7.11 Å². The molecule has 1 N–H and O–H groups in total. The first-order valence-electron chi connectivity index (χ1n) is 11.3. The molecule has 0 saturated carbocycles. The molecule has 3 aromatic rings. The molecular weight excluding hydrogens is 430 g/mol. The summed E-state index contributed by atoms with van der Waals surface area (Å²) in [7, 11) is 1.63. The summed E-state index contributed by atoms with van der Waals surface area (Å²) in [4.78, 5) is 2.17. The van der Waals surface area contributed by atoms with Gasteiger partial charge >= 0.3 is 0 Å². The second kappa shape index (κ2) is 12.2. The Kier molecular flexibility index (Phi) is 9.11. The van der Waals surface area contributed by atoms with Crippen molar-refractivity contribution in [1.82, 2.24) is 14.7 Å². The lowest BCUT2D eigenvalue weighted by atomic mass is 10.2. The van der Waals surface area contributed by atoms with Crippen molar-refractivity contribution in [2.75, 3.05) is 26.9 Å². The number of benzene rings is 2. The van der Waals surface area contributed by atoms with Gasteiger partial charge in [-0.2, -0.15) is 5.10 Å². The van der Waals surface area contributed by atoms with Gasteiger partial charge in [-0.1, -0.05) is 24.1 Å². The van der Waals surface area contributed by atoms with Gasteiger partial charge in [-0.05, 0) is 57.2 Å². The Hall–Kier alpha value is -3.31. The second-order valence-electron chi connectivity index (χ2n) is 8.29. The third-order valence-corrected chi connectivity index (χ3v) is 5.44. The molecule has 0 saturated heterocycles. The first-order chi connectivity index (χ1) is 16.4. The monoisotopic (exact) mass is 463 g/mol. The van der Waals surface area contributed by atoms with E-state index in [4.69, 9.17) is 25.7 Å². The Morgan fingerprint density at radius 3 is 2.38 bits per heavy atom. The van der Waals surface area contributed by atoms with Crippen LogP contribution in [0, 0.1) is 19.3 Å². The zero-order valence-corrected chi connectivity index (χ0v) is 20.3. The molecule has 0 aliphatic heterocycles. The summed E-state index contributed by atoms with van der Waals surface area (Å²) >= 11 is 0. The molecule has 7 nitrogen and oxygen atoms in total. The van der Waals surface area contributed by atoms with Crippen LogP contribution in [-0.4, -0.2) is 58.8 Å². The Bertz CT molecular complexity index is 1070. The van der Waals surface area contributed by atoms with Crippen molar-refractivity contribution < 1.29 is 19.3 Å². The summed E-state index contributed by atoms with van der Waals surface area (Å²) in [6.45, 7) is 7.51. The van der Waals surface area contributed by atoms with E-state index >= 15 is 0 Å². The van der Waals surface area contributed by atoms with Gasteiger partial charge in [-0.15, -0.1) is 6.42 Å². The van der Waals surface area contributed by atoms with E-state index in [0.717, 1.165) is 22.7 Å². The number of aliphatic hydroxyl groups is 1. The average molecular weight is 464 g/mol. The van der Waals surface area contributed by atoms with Crippen molar-refractivity contribution in [2.45, 2.75) is 39.5 Å². The van der Waals surface area contributed by atoms with Crippen LogP contribution in [0.1, 0.15) is 25.1 Å². The van der Waals surface area contributed by atoms with E-state index in [0.29, 0.717) is 24.7 Å². The number of hydrogen-bond donors (Lipinski definition) is 1. The van der Waals surface area contributed by atoms with E-state index in [2.05, 4.69) is 24.7 Å². The molecule has 0 fully saturated rings. The molecule has 3 rings (SSSR count). The van der Waals surface area contributed by atoms with Crippen LogP contribution in [0.4, 0.5) is 0 Å². The maximum Gasteiger partial charge on any atom is 0.227 e. The minimum absolute atomic E-state index is 0.176. The number of aromatic nitrogens is 2. The van der Waals surface area contributed by atoms with Crippen molar-refractivity contribution in [1.29, 1.82) is 0 Å². The quantitative estimate of drug-likeness (QED) is 0.321. The summed E-state index contributed by atoms with van der Waals surface area (Å²) in [6.07, 6.45) is 4.57. The van der Waals surface area contributed by atoms with E-state index in [9.17, 15) is 5.11 Å². The van der Waals surface area contributed by atoms with Gasteiger partial charge in [-0.25, -0.2) is 4.68 Å². The van der Waals surface area contributed by atoms with Crippen LogP contribution in [0.5, 0.6) is 17.4 Å². The summed E-state index contributed by atoms with van der Waals surface area (Å²) in [5.41, 5.74) is 2.71. The molecule has 0 aliphatic carbocycles. The van der Waals surface area contributed by atoms with Gasteiger partial charge in [-0.3, -0.25) is 4.90 Å². The lowest BCUT2D eigenvalue weighted by molar-refractivity contribution is 0.0190. The molecule has 1 heterocycles. The van der Waals surface area contributed by atoms with Gasteiger partial charge < -0.3 is 19.3 Å². The Morgan fingerprint density at radius 1 is 1.09 bits per heavy atom. The highest BCUT2D eigenvalue weighted by atomic mass is 16.5. The molecule has 1 aromatic heterocycles. The number of ether oxygens (including phenoxy) is 3. The Labute approximate surface area is 201 Å². The zero-order chi connectivity index (χ0) is 24.5. The largest absolute Gasteiger partial charge is 0.497 e. The fourth-order valence-corrected chi connectivity index (χ4v) is 3.56. The SMILES string of the molecule is C#CCOC[C@@H](O)CN(Cc1c(C)nn(-c2ccccc2)c1Oc1ccc(OC)cc1)C(C)C. The van der Waals surface area contributed by atoms with E-state index in [1.165, 1.54) is 0 Å². The van der Waals surface area contributed by atoms with Crippen LogP contribution >= 0.6 is 0 Å². The van der Waals surface area contributed by atoms with Crippen LogP contribution in [0.2, 0.25) is 0 Å². The number of aliphatic hydroxyl groups excluding tert-OH is 1. The minimum atomic E-state index is -0.661. The zero-order valence-electron chi connectivity index (χ0n) is 20.3. The molecule has 180 valence electrons. The highest BCUT2D eigenvalue weighted by molar-refractivity contribution is 5.44. The van der Waals surface area contributed by atoms with Gasteiger partial charge in [0.25, 0.3) is 0 Å². The number of rotatable bonds is 12. The average Bonchev–Trinajstić information content (AvgIpc) is 3.14. The summed E-state index contributed by atoms with van der Waals surface area (Å²) in [5, 5.41) is 15.3. The van der Waals surface area contributed by atoms with Crippen molar-refractivity contribution in [3.63, 3.8) is 0 Å². The van der Waals surface area contributed by atoms with Crippen LogP contribution in [0.15, 0.2) is 54.6 Å². The van der Waals surface area contributed by atoms with Crippen molar-refractivity contribution in [3.8, 4) is 35.4 Å². The third-order valence-electron chi connectivity index (χ3n) is 5.44. The van der Waals surface area contributed by atoms with Crippen molar-refractivity contribution in [2.24, 2.45) is 0 Å². The number of terminal acetylenes is 1. The van der Waals surface area contributed by atoms with Crippen molar-refractivity contribution in [3.05, 3.63) is 65.9 Å². The van der Waals surface area contributed by atoms with Crippen LogP contribution in [0.25, 0.3) is 5.69 Å². The maximum absolute atomic E-state index is 10.5. The number of nitrogens with zero attached hydrogens (tertiary/aromatic N) is 3. The molecule has 0 bridgehead atoms. The van der Waals surface area contributed by atoms with Gasteiger partial charge in [0.1, 0.15) is 18.1 Å². The second-order valence-corrected chi connectivity index (χ2v) is 8.29. The molecule has 2 aromatic carbocycles. The predicted molar refractivity (Wildman–Crippen MR) is 133 cm³/mol. The molecule has 7 heteroatoms. The smallest absolute Gasteiger partial charge is 0.227 e. The van der Waals surface area contributed by atoms with Crippen LogP contribution in [-0.2, 0) is 11.3 Å². The minimum Gasteiger partial charge on any atom is -0.497 e. The lowest BCUT2D eigenvalue weighted by Gasteiger charge is -2.28. The van der Waals surface area contributed by atoms with Gasteiger partial charge in [0.2, 0.25) is 5.88 Å². The maximum atomic E-state index is 10.5. The first-order valence-corrected chi connectivity index (χ1v) is 11.3. The fourth-order valence-electron chi connectivity index (χ4n) is 3.56. The summed E-state index contributed by atoms with van der Waals surface area (Å²) in [5.74, 6) is 4.49. The number of para-hydroxylation sites is 1. The summed E-state index contributed by atoms with van der Waals surface area (Å²) < 4.78 is 18.8. The molecule has 0 unspecified atom stereocenters. The highest BCUT2D eigenvalue weighted by Crippen LogP contribution is 2.32. The Balaban J connectivity index is 1.93. The number of aryl methyl sites for hydroxylation is 1. The lowest BCUT2D eigenvalue weighted by Crippen LogP contribution is -2.39. The molecule has 0 radical (unpaired) electrons. The van der Waals surface area contributed by atoms with E-state index < -0.39 is 6.10 Å². The van der Waals surface area contributed by atoms with E-state index in [1.807, 2.05) is 66.2 Å². The van der Waals surface area contributed by atoms with E-state index in [-0.39, 0.29) is 19.3 Å². The topological polar surface area (TPSA) is 69.0 Å². The van der Waals surface area contributed by atoms with Crippen molar-refractivity contribution >= 4 is 0 Å². The normalized spacial score (nSPS) is 12.1. The van der Waals surface area contributed by atoms with Gasteiger partial charge in [0.05, 0.1) is 36.8 Å². The molecule has 0 amide bonds. The summed E-state index contributed by atoms with van der Waals surface area (Å²) in [6, 6.07) is 17.5. The van der Waals surface area contributed by atoms with Crippen LogP contribution < -0.4 is 9.47 Å². The Morgan fingerprint density at radius 2 is 1.76 bits per heavy atom. The molecular formula is C27H33N3O4. The molecule has 34 heavy (non-hydrogen) atoms.